The Bertz CT molecular complexity index is 1400. The molecule has 1 amide bonds. The fraction of sp³-hybridized carbons (Fsp3) is 0.321. The fourth-order valence-electron chi connectivity index (χ4n) is 4.75. The van der Waals surface area contributed by atoms with Crippen molar-refractivity contribution in [1.82, 2.24) is 9.88 Å². The lowest BCUT2D eigenvalue weighted by molar-refractivity contribution is -0.145. The Morgan fingerprint density at radius 3 is 2.67 bits per heavy atom. The molecule has 2 aliphatic heterocycles. The van der Waals surface area contributed by atoms with Gasteiger partial charge in [-0.1, -0.05) is 36.4 Å². The quantitative estimate of drug-likeness (QED) is 0.450. The molecule has 1 fully saturated rings. The summed E-state index contributed by atoms with van der Waals surface area (Å²) >= 11 is 0. The lowest BCUT2D eigenvalue weighted by Crippen LogP contribution is -2.45. The second-order valence-electron chi connectivity index (χ2n) is 10.1. The van der Waals surface area contributed by atoms with Crippen molar-refractivity contribution in [3.05, 3.63) is 66.0 Å². The van der Waals surface area contributed by atoms with Crippen LogP contribution in [0.4, 0.5) is 9.18 Å². The molecule has 7 nitrogen and oxygen atoms in total. The maximum atomic E-state index is 14.2. The molecule has 5 rings (SSSR count). The van der Waals surface area contributed by atoms with E-state index in [1.807, 2.05) is 36.4 Å². The number of hydrogen-bond donors (Lipinski definition) is 0. The van der Waals surface area contributed by atoms with Crippen molar-refractivity contribution in [3.8, 4) is 17.0 Å². The van der Waals surface area contributed by atoms with E-state index in [0.29, 0.717) is 17.0 Å². The van der Waals surface area contributed by atoms with Gasteiger partial charge in [0.15, 0.2) is 5.75 Å². The molecule has 3 aromatic rings. The average Bonchev–Trinajstić information content (AvgIpc) is 3.21. The first-order valence-electron chi connectivity index (χ1n) is 11.7. The van der Waals surface area contributed by atoms with Gasteiger partial charge >= 0.3 is 12.1 Å². The third kappa shape index (κ3) is 4.27. The minimum absolute atomic E-state index is 0.0764. The predicted molar refractivity (Wildman–Crippen MR) is 133 cm³/mol. The Hall–Kier alpha value is -3.94. The Labute approximate surface area is 208 Å². The Morgan fingerprint density at radius 2 is 1.94 bits per heavy atom. The van der Waals surface area contributed by atoms with E-state index in [4.69, 9.17) is 19.2 Å². The van der Waals surface area contributed by atoms with E-state index in [0.717, 1.165) is 16.5 Å². The molecule has 0 radical (unpaired) electrons. The first-order valence-corrected chi connectivity index (χ1v) is 11.7. The summed E-state index contributed by atoms with van der Waals surface area (Å²) in [7, 11) is 1.28. The van der Waals surface area contributed by atoms with Crippen LogP contribution in [-0.4, -0.2) is 52.8 Å². The number of amides is 1. The van der Waals surface area contributed by atoms with Gasteiger partial charge in [0.2, 0.25) is 0 Å². The maximum Gasteiger partial charge on any atom is 0.411 e. The van der Waals surface area contributed by atoms with Crippen molar-refractivity contribution in [2.45, 2.75) is 44.4 Å². The molecule has 1 spiro atoms. The maximum absolute atomic E-state index is 14.2. The molecule has 36 heavy (non-hydrogen) atoms. The zero-order chi connectivity index (χ0) is 25.7. The van der Waals surface area contributed by atoms with Crippen LogP contribution in [0.15, 0.2) is 54.6 Å². The smallest absolute Gasteiger partial charge is 0.411 e. The number of methoxy groups -OCH3 is 1. The molecule has 2 atom stereocenters. The number of halogens is 1. The summed E-state index contributed by atoms with van der Waals surface area (Å²) in [5, 5.41) is 0.880. The first kappa shape index (κ1) is 23.8. The van der Waals surface area contributed by atoms with E-state index in [1.54, 1.807) is 32.9 Å². The molecule has 2 aromatic carbocycles. The van der Waals surface area contributed by atoms with Gasteiger partial charge in [-0.05, 0) is 45.0 Å². The number of para-hydroxylation sites is 1. The summed E-state index contributed by atoms with van der Waals surface area (Å²) in [5.74, 6) is -0.473. The number of benzene rings is 2. The van der Waals surface area contributed by atoms with Crippen molar-refractivity contribution in [1.29, 1.82) is 0 Å². The minimum Gasteiger partial charge on any atom is -0.478 e. The van der Waals surface area contributed by atoms with E-state index in [-0.39, 0.29) is 18.8 Å². The molecule has 0 bridgehead atoms. The van der Waals surface area contributed by atoms with Crippen LogP contribution >= 0.6 is 0 Å². The van der Waals surface area contributed by atoms with Crippen LogP contribution in [0.2, 0.25) is 0 Å². The number of rotatable bonds is 2. The molecule has 2 aliphatic rings. The lowest BCUT2D eigenvalue weighted by Gasteiger charge is -2.33. The Morgan fingerprint density at radius 1 is 1.17 bits per heavy atom. The van der Waals surface area contributed by atoms with Gasteiger partial charge in [0.25, 0.3) is 0 Å². The third-order valence-electron chi connectivity index (χ3n) is 6.30. The van der Waals surface area contributed by atoms with Gasteiger partial charge in [0.1, 0.15) is 28.8 Å². The number of likely N-dealkylation sites (tertiary alicyclic amines) is 1. The normalized spacial score (nSPS) is 20.8. The molecule has 0 unspecified atom stereocenters. The number of nitrogens with zero attached hydrogens (tertiary/aromatic N) is 2. The van der Waals surface area contributed by atoms with Gasteiger partial charge in [-0.25, -0.2) is 19.0 Å². The van der Waals surface area contributed by atoms with E-state index in [9.17, 15) is 14.0 Å². The highest BCUT2D eigenvalue weighted by Gasteiger charge is 2.52. The van der Waals surface area contributed by atoms with Crippen molar-refractivity contribution in [3.63, 3.8) is 0 Å². The summed E-state index contributed by atoms with van der Waals surface area (Å²) in [6.45, 7) is 5.37. The second-order valence-corrected chi connectivity index (χ2v) is 10.1. The molecule has 186 valence electrons. The van der Waals surface area contributed by atoms with Gasteiger partial charge in [0, 0.05) is 22.9 Å². The summed E-state index contributed by atoms with van der Waals surface area (Å²) in [6.07, 6.45) is 3.35. The van der Waals surface area contributed by atoms with Crippen LogP contribution in [0.3, 0.4) is 0 Å². The van der Waals surface area contributed by atoms with E-state index in [1.165, 1.54) is 24.1 Å². The largest absolute Gasteiger partial charge is 0.478 e. The topological polar surface area (TPSA) is 78.0 Å². The van der Waals surface area contributed by atoms with E-state index >= 15 is 0 Å². The molecular weight excluding hydrogens is 463 g/mol. The van der Waals surface area contributed by atoms with Gasteiger partial charge in [-0.2, -0.15) is 0 Å². The molecule has 1 aromatic heterocycles. The summed E-state index contributed by atoms with van der Waals surface area (Å²) in [6, 6.07) is 12.9. The second kappa shape index (κ2) is 8.62. The summed E-state index contributed by atoms with van der Waals surface area (Å²) in [5.41, 5.74) is 0.835. The number of aromatic nitrogens is 1. The van der Waals surface area contributed by atoms with Gasteiger partial charge < -0.3 is 14.2 Å². The molecule has 0 N–H and O–H groups in total. The fourth-order valence-corrected chi connectivity index (χ4v) is 4.75. The first-order chi connectivity index (χ1) is 17.1. The Kier molecular flexibility index (Phi) is 5.70. The van der Waals surface area contributed by atoms with Crippen LogP contribution < -0.4 is 4.74 Å². The molecular formula is C28H27FN2O5. The zero-order valence-electron chi connectivity index (χ0n) is 20.6. The number of carbonyl (C=O) groups excluding carboxylic acids is 2. The standard InChI is InChI=1S/C28H27FN2O5/c1-27(2,3)36-26(33)31-16-28(15-22(31)25(32)34-4)13-12-20-19-10-5-6-11-21(19)30-23(24(20)35-28)17-8-7-9-18(29)14-17/h5-14,22H,15-16H2,1-4H3/t22-,28+/m0/s1. The number of pyridine rings is 1. The zero-order valence-corrected chi connectivity index (χ0v) is 20.6. The van der Waals surface area contributed by atoms with Crippen LogP contribution in [0.1, 0.15) is 32.8 Å². The average molecular weight is 491 g/mol. The Balaban J connectivity index is 1.61. The number of ether oxygens (including phenoxy) is 3. The SMILES string of the molecule is COC(=O)[C@@H]1C[C@]2(C=Cc3c(c(-c4cccc(F)c4)nc4ccccc34)O2)CN1C(=O)OC(C)(C)C. The highest BCUT2D eigenvalue weighted by Crippen LogP contribution is 2.45. The van der Waals surface area contributed by atoms with Crippen LogP contribution in [0, 0.1) is 5.82 Å². The summed E-state index contributed by atoms with van der Waals surface area (Å²) < 4.78 is 31.3. The van der Waals surface area contributed by atoms with E-state index in [2.05, 4.69) is 0 Å². The van der Waals surface area contributed by atoms with Gasteiger partial charge in [-0.3, -0.25) is 4.90 Å². The molecule has 1 saturated heterocycles. The van der Waals surface area contributed by atoms with Gasteiger partial charge in [0.05, 0.1) is 19.2 Å². The third-order valence-corrected chi connectivity index (χ3v) is 6.30. The molecule has 3 heterocycles. The van der Waals surface area contributed by atoms with E-state index < -0.39 is 29.3 Å². The molecule has 0 aliphatic carbocycles. The van der Waals surface area contributed by atoms with Gasteiger partial charge in [-0.15, -0.1) is 0 Å². The highest BCUT2D eigenvalue weighted by atomic mass is 19.1. The number of carbonyl (C=O) groups is 2. The number of fused-ring (bicyclic) bond motifs is 3. The van der Waals surface area contributed by atoms with Crippen molar-refractivity contribution in [2.75, 3.05) is 13.7 Å². The highest BCUT2D eigenvalue weighted by molar-refractivity contribution is 5.95. The molecule has 8 heteroatoms. The van der Waals surface area contributed by atoms with Crippen molar-refractivity contribution in [2.24, 2.45) is 0 Å². The van der Waals surface area contributed by atoms with Crippen LogP contribution in [-0.2, 0) is 14.3 Å². The number of hydrogen-bond acceptors (Lipinski definition) is 6. The molecule has 0 saturated carbocycles. The lowest BCUT2D eigenvalue weighted by atomic mass is 9.92. The van der Waals surface area contributed by atoms with Crippen molar-refractivity contribution < 1.29 is 28.2 Å². The van der Waals surface area contributed by atoms with Crippen LogP contribution in [0.25, 0.3) is 28.2 Å². The van der Waals surface area contributed by atoms with Crippen LogP contribution in [0.5, 0.6) is 5.75 Å². The van der Waals surface area contributed by atoms with Crippen molar-refractivity contribution >= 4 is 29.0 Å². The summed E-state index contributed by atoms with van der Waals surface area (Å²) in [4.78, 5) is 31.8. The minimum atomic E-state index is -1.02. The predicted octanol–water partition coefficient (Wildman–Crippen LogP) is 5.37. The number of esters is 1. The monoisotopic (exact) mass is 490 g/mol.